The van der Waals surface area contributed by atoms with Gasteiger partial charge in [0.25, 0.3) is 0 Å². The van der Waals surface area contributed by atoms with Crippen molar-refractivity contribution in [2.75, 3.05) is 0 Å². The Kier molecular flexibility index (Phi) is 3.15. The van der Waals surface area contributed by atoms with Gasteiger partial charge >= 0.3 is 0 Å². The molecule has 41 valence electrons. The molecule has 0 amide bonds. The second-order valence-electron chi connectivity index (χ2n) is 1.33. The minimum atomic E-state index is 0. The van der Waals surface area contributed by atoms with Crippen LogP contribution in [-0.4, -0.2) is 13.4 Å². The van der Waals surface area contributed by atoms with Crippen molar-refractivity contribution in [1.29, 1.82) is 5.26 Å². The maximum Gasteiger partial charge on any atom is 0.140 e. The molecule has 2 nitrogen and oxygen atoms in total. The lowest BCUT2D eigenvalue weighted by atomic mass is 10.4. The topological polar surface area (TPSA) is 36.7 Å². The third-order valence-corrected chi connectivity index (χ3v) is 0.779. The summed E-state index contributed by atoms with van der Waals surface area (Å²) in [6.07, 6.45) is 1.60. The summed E-state index contributed by atoms with van der Waals surface area (Å²) in [5.74, 6) is 0. The number of hydrogen-bond acceptors (Lipinski definition) is 2. The van der Waals surface area contributed by atoms with Crippen molar-refractivity contribution in [2.24, 2.45) is 0 Å². The molecule has 0 N–H and O–H groups in total. The molecule has 0 saturated carbocycles. The molecule has 0 saturated heterocycles. The third kappa shape index (κ3) is 1.96. The molecule has 0 fully saturated rings. The van der Waals surface area contributed by atoms with Crippen LogP contribution in [0.2, 0.25) is 0 Å². The fourth-order valence-corrected chi connectivity index (χ4v) is 0.429. The minimum absolute atomic E-state index is 0. The summed E-state index contributed by atoms with van der Waals surface area (Å²) in [4.78, 5) is 3.74. The highest BCUT2D eigenvalue weighted by molar-refractivity contribution is 5.75. The van der Waals surface area contributed by atoms with Crippen LogP contribution in [0.4, 0.5) is 0 Å². The summed E-state index contributed by atoms with van der Waals surface area (Å²) in [7, 11) is 0. The van der Waals surface area contributed by atoms with Crippen LogP contribution < -0.4 is 0 Å². The Balaban J connectivity index is 0.000000640. The first-order valence-electron chi connectivity index (χ1n) is 2.24. The molecule has 0 aliphatic heterocycles. The second-order valence-corrected chi connectivity index (χ2v) is 1.33. The van der Waals surface area contributed by atoms with E-state index >= 15 is 0 Å². The molecule has 9 heavy (non-hydrogen) atoms. The predicted molar refractivity (Wildman–Crippen MR) is 34.7 cm³/mol. The summed E-state index contributed by atoms with van der Waals surface area (Å²) in [5, 5.41) is 8.23. The molecule has 0 bridgehead atoms. The largest absolute Gasteiger partial charge is 0.246 e. The van der Waals surface area contributed by atoms with E-state index in [2.05, 4.69) is 4.98 Å². The van der Waals surface area contributed by atoms with Gasteiger partial charge in [0.2, 0.25) is 0 Å². The van der Waals surface area contributed by atoms with Crippen molar-refractivity contribution >= 4 is 8.41 Å². The highest BCUT2D eigenvalue weighted by Crippen LogP contribution is 1.86. The van der Waals surface area contributed by atoms with Gasteiger partial charge in [-0.1, -0.05) is 6.07 Å². The lowest BCUT2D eigenvalue weighted by Gasteiger charge is -1.79. The Labute approximate surface area is 55.7 Å². The molecule has 3 heteroatoms. The Bertz CT molecular complexity index is 202. The van der Waals surface area contributed by atoms with E-state index in [4.69, 9.17) is 5.26 Å². The highest BCUT2D eigenvalue weighted by Gasteiger charge is 1.81. The van der Waals surface area contributed by atoms with Gasteiger partial charge < -0.3 is 0 Å². The van der Waals surface area contributed by atoms with Crippen LogP contribution in [0.15, 0.2) is 24.4 Å². The number of nitriles is 1. The van der Waals surface area contributed by atoms with Gasteiger partial charge in [-0.25, -0.2) is 4.98 Å². The Hall–Kier alpha value is -1.30. The van der Waals surface area contributed by atoms with E-state index in [-0.39, 0.29) is 8.41 Å². The zero-order valence-corrected chi connectivity index (χ0v) is 4.78. The lowest BCUT2D eigenvalue weighted by Crippen LogP contribution is -1.75. The Morgan fingerprint density at radius 3 is 2.56 bits per heavy atom. The smallest absolute Gasteiger partial charge is 0.140 e. The monoisotopic (exact) mass is 115 g/mol. The average molecular weight is 115 g/mol. The van der Waals surface area contributed by atoms with Gasteiger partial charge in [-0.2, -0.15) is 5.26 Å². The quantitative estimate of drug-likeness (QED) is 0.463. The van der Waals surface area contributed by atoms with E-state index in [1.54, 1.807) is 24.4 Å². The Morgan fingerprint density at radius 1 is 1.44 bits per heavy atom. The van der Waals surface area contributed by atoms with Gasteiger partial charge in [0.15, 0.2) is 0 Å². The molecular weight excluding hydrogens is 111 g/mol. The molecule has 0 unspecified atom stereocenters. The van der Waals surface area contributed by atoms with Crippen LogP contribution in [0.25, 0.3) is 0 Å². The standard InChI is InChI=1S/C6H4N2.B/c7-5-6-3-1-2-4-8-6;/h1-4H;. The summed E-state index contributed by atoms with van der Waals surface area (Å²) in [6, 6.07) is 7.14. The van der Waals surface area contributed by atoms with Gasteiger partial charge in [0.05, 0.1) is 0 Å². The van der Waals surface area contributed by atoms with Crippen molar-refractivity contribution in [1.82, 2.24) is 4.98 Å². The van der Waals surface area contributed by atoms with Crippen molar-refractivity contribution in [3.63, 3.8) is 0 Å². The number of pyridine rings is 1. The SMILES string of the molecule is N#Cc1ccccn1.[B]. The van der Waals surface area contributed by atoms with Crippen molar-refractivity contribution in [3.8, 4) is 6.07 Å². The van der Waals surface area contributed by atoms with Crippen LogP contribution in [0, 0.1) is 11.3 Å². The lowest BCUT2D eigenvalue weighted by molar-refractivity contribution is 1.26. The number of hydrogen-bond donors (Lipinski definition) is 0. The normalized spacial score (nSPS) is 7.00. The van der Waals surface area contributed by atoms with E-state index in [1.165, 1.54) is 0 Å². The predicted octanol–water partition coefficient (Wildman–Crippen LogP) is 0.572. The second kappa shape index (κ2) is 3.68. The van der Waals surface area contributed by atoms with Crippen molar-refractivity contribution < 1.29 is 0 Å². The molecule has 0 aliphatic carbocycles. The number of aromatic nitrogens is 1. The first-order chi connectivity index (χ1) is 3.93. The molecule has 3 radical (unpaired) electrons. The summed E-state index contributed by atoms with van der Waals surface area (Å²) in [5.41, 5.74) is 0.465. The van der Waals surface area contributed by atoms with Gasteiger partial charge in [0.1, 0.15) is 11.8 Å². The molecular formula is C6H4BN2. The zero-order chi connectivity index (χ0) is 5.82. The fraction of sp³-hybridized carbons (Fsp3) is 0. The van der Waals surface area contributed by atoms with E-state index in [0.717, 1.165) is 0 Å². The van der Waals surface area contributed by atoms with Crippen molar-refractivity contribution in [2.45, 2.75) is 0 Å². The molecule has 1 heterocycles. The summed E-state index contributed by atoms with van der Waals surface area (Å²) >= 11 is 0. The first kappa shape index (κ1) is 7.70. The summed E-state index contributed by atoms with van der Waals surface area (Å²) in [6.45, 7) is 0. The molecule has 1 aromatic rings. The van der Waals surface area contributed by atoms with E-state index in [1.807, 2.05) is 6.07 Å². The van der Waals surface area contributed by atoms with Gasteiger partial charge in [-0.3, -0.25) is 0 Å². The fourth-order valence-electron chi connectivity index (χ4n) is 0.429. The molecule has 0 aromatic carbocycles. The minimum Gasteiger partial charge on any atom is -0.246 e. The van der Waals surface area contributed by atoms with Gasteiger partial charge in [-0.15, -0.1) is 0 Å². The molecule has 0 spiro atoms. The van der Waals surface area contributed by atoms with Gasteiger partial charge in [0, 0.05) is 14.6 Å². The van der Waals surface area contributed by atoms with Crippen LogP contribution in [0.1, 0.15) is 5.69 Å². The van der Waals surface area contributed by atoms with Crippen molar-refractivity contribution in [3.05, 3.63) is 30.1 Å². The number of nitrogens with zero attached hydrogens (tertiary/aromatic N) is 2. The summed E-state index contributed by atoms with van der Waals surface area (Å²) < 4.78 is 0. The maximum absolute atomic E-state index is 8.23. The van der Waals surface area contributed by atoms with E-state index < -0.39 is 0 Å². The number of rotatable bonds is 0. The van der Waals surface area contributed by atoms with E-state index in [9.17, 15) is 0 Å². The Morgan fingerprint density at radius 2 is 2.22 bits per heavy atom. The van der Waals surface area contributed by atoms with Crippen LogP contribution in [0.5, 0.6) is 0 Å². The molecule has 0 aliphatic rings. The molecule has 0 atom stereocenters. The highest BCUT2D eigenvalue weighted by atomic mass is 14.7. The van der Waals surface area contributed by atoms with Gasteiger partial charge in [-0.05, 0) is 12.1 Å². The third-order valence-electron chi connectivity index (χ3n) is 0.779. The van der Waals surface area contributed by atoms with Crippen LogP contribution in [-0.2, 0) is 0 Å². The maximum atomic E-state index is 8.23. The first-order valence-corrected chi connectivity index (χ1v) is 2.24. The van der Waals surface area contributed by atoms with E-state index in [0.29, 0.717) is 5.69 Å². The van der Waals surface area contributed by atoms with Crippen LogP contribution in [0.3, 0.4) is 0 Å². The molecule has 1 rings (SSSR count). The molecule has 1 aromatic heterocycles. The van der Waals surface area contributed by atoms with Crippen LogP contribution >= 0.6 is 0 Å². The average Bonchev–Trinajstić information content (AvgIpc) is 1.90. The zero-order valence-electron chi connectivity index (χ0n) is 4.78.